The highest BCUT2D eigenvalue weighted by Gasteiger charge is 2.59. The fourth-order valence-corrected chi connectivity index (χ4v) is 4.46. The molecule has 28 heavy (non-hydrogen) atoms. The van der Waals surface area contributed by atoms with Gasteiger partial charge in [0.15, 0.2) is 5.11 Å². The minimum absolute atomic E-state index is 0.295. The topological polar surface area (TPSA) is 60.0 Å². The molecule has 0 saturated carbocycles. The normalized spacial score (nSPS) is 25.2. The molecule has 146 valence electrons. The van der Waals surface area contributed by atoms with E-state index in [1.807, 2.05) is 60.4 Å². The van der Waals surface area contributed by atoms with Gasteiger partial charge in [0.1, 0.15) is 17.4 Å². The maximum Gasteiger partial charge on any atom is 0.317 e. The van der Waals surface area contributed by atoms with Gasteiger partial charge in [0, 0.05) is 17.3 Å². The van der Waals surface area contributed by atoms with Gasteiger partial charge in [0.2, 0.25) is 5.72 Å². The lowest BCUT2D eigenvalue weighted by Crippen LogP contribution is -2.71. The first kappa shape index (κ1) is 18.6. The zero-order valence-electron chi connectivity index (χ0n) is 16.0. The van der Waals surface area contributed by atoms with Crippen molar-refractivity contribution in [3.63, 3.8) is 0 Å². The van der Waals surface area contributed by atoms with Crippen molar-refractivity contribution in [2.24, 2.45) is 5.92 Å². The molecule has 1 fully saturated rings. The molecule has 2 aromatic carbocycles. The Bertz CT molecular complexity index is 920. The summed E-state index contributed by atoms with van der Waals surface area (Å²) >= 11 is 5.68. The summed E-state index contributed by atoms with van der Waals surface area (Å²) in [6.07, 6.45) is 0. The lowest BCUT2D eigenvalue weighted by atomic mass is 9.79. The average Bonchev–Trinajstić information content (AvgIpc) is 2.67. The highest BCUT2D eigenvalue weighted by Crippen LogP contribution is 2.50. The highest BCUT2D eigenvalue weighted by atomic mass is 32.1. The minimum Gasteiger partial charge on any atom is -0.497 e. The summed E-state index contributed by atoms with van der Waals surface area (Å²) in [5.74, 6) is 0.403. The molecule has 3 atom stereocenters. The van der Waals surface area contributed by atoms with E-state index < -0.39 is 11.6 Å². The van der Waals surface area contributed by atoms with E-state index in [4.69, 9.17) is 26.4 Å². The number of carbonyl (C=O) groups is 1. The predicted molar refractivity (Wildman–Crippen MR) is 110 cm³/mol. The molecule has 0 aliphatic carbocycles. The number of thiocarbonyl (C=S) groups is 1. The number of nitrogens with one attached hydrogen (secondary N) is 1. The molecular formula is C21H22N2O4S. The van der Waals surface area contributed by atoms with Crippen LogP contribution in [0.15, 0.2) is 48.5 Å². The molecule has 2 aliphatic rings. The summed E-state index contributed by atoms with van der Waals surface area (Å²) in [6, 6.07) is 14.9. The van der Waals surface area contributed by atoms with Crippen molar-refractivity contribution < 1.29 is 19.0 Å². The van der Waals surface area contributed by atoms with Crippen LogP contribution in [0.3, 0.4) is 0 Å². The van der Waals surface area contributed by atoms with Crippen LogP contribution in [0.25, 0.3) is 0 Å². The third-order valence-electron chi connectivity index (χ3n) is 5.26. The van der Waals surface area contributed by atoms with Crippen molar-refractivity contribution in [3.05, 3.63) is 54.1 Å². The number of ether oxygens (including phenoxy) is 3. The first-order valence-corrected chi connectivity index (χ1v) is 9.59. The number of methoxy groups -OCH3 is 1. The first-order valence-electron chi connectivity index (χ1n) is 9.19. The number of esters is 1. The lowest BCUT2D eigenvalue weighted by molar-refractivity contribution is -0.159. The van der Waals surface area contributed by atoms with Gasteiger partial charge in [-0.3, -0.25) is 9.69 Å². The van der Waals surface area contributed by atoms with Gasteiger partial charge >= 0.3 is 5.97 Å². The second-order valence-corrected chi connectivity index (χ2v) is 7.28. The second kappa shape index (κ2) is 6.98. The van der Waals surface area contributed by atoms with E-state index in [1.54, 1.807) is 14.0 Å². The van der Waals surface area contributed by atoms with Crippen LogP contribution in [-0.4, -0.2) is 30.5 Å². The van der Waals surface area contributed by atoms with E-state index in [2.05, 4.69) is 5.32 Å². The number of hydrogen-bond donors (Lipinski definition) is 1. The van der Waals surface area contributed by atoms with Crippen molar-refractivity contribution >= 4 is 29.0 Å². The molecular weight excluding hydrogens is 376 g/mol. The molecule has 4 rings (SSSR count). The maximum absolute atomic E-state index is 13.0. The fourth-order valence-electron chi connectivity index (χ4n) is 4.04. The Morgan fingerprint density at radius 2 is 2.04 bits per heavy atom. The zero-order valence-corrected chi connectivity index (χ0v) is 16.8. The molecule has 2 bridgehead atoms. The van der Waals surface area contributed by atoms with E-state index in [-0.39, 0.29) is 12.0 Å². The van der Waals surface area contributed by atoms with Crippen molar-refractivity contribution in [2.45, 2.75) is 25.6 Å². The molecule has 0 radical (unpaired) electrons. The van der Waals surface area contributed by atoms with Gasteiger partial charge in [-0.2, -0.15) is 0 Å². The number of rotatable bonds is 4. The molecule has 0 spiro atoms. The monoisotopic (exact) mass is 398 g/mol. The number of anilines is 1. The standard InChI is InChI=1S/C21H22N2O4S/c1-4-26-19(24)17-18-15-11-10-14(25-3)12-16(15)27-21(17,2)23(20(28)22-18)13-8-6-5-7-9-13/h5-12,17-18H,4H2,1-3H3,(H,22,28). The molecule has 1 N–H and O–H groups in total. The van der Waals surface area contributed by atoms with E-state index in [1.165, 1.54) is 0 Å². The Labute approximate surface area is 169 Å². The average molecular weight is 398 g/mol. The molecule has 1 saturated heterocycles. The largest absolute Gasteiger partial charge is 0.497 e. The summed E-state index contributed by atoms with van der Waals surface area (Å²) < 4.78 is 17.2. The van der Waals surface area contributed by atoms with Crippen LogP contribution in [0.1, 0.15) is 25.5 Å². The van der Waals surface area contributed by atoms with E-state index >= 15 is 0 Å². The van der Waals surface area contributed by atoms with Crippen LogP contribution in [0.5, 0.6) is 11.5 Å². The SMILES string of the molecule is CCOC(=O)C1C2NC(=S)N(c3ccccc3)C1(C)Oc1cc(OC)ccc12. The fraction of sp³-hybridized carbons (Fsp3) is 0.333. The van der Waals surface area contributed by atoms with E-state index in [0.29, 0.717) is 23.2 Å². The van der Waals surface area contributed by atoms with Crippen LogP contribution in [0.2, 0.25) is 0 Å². The van der Waals surface area contributed by atoms with Crippen molar-refractivity contribution in [2.75, 3.05) is 18.6 Å². The molecule has 2 aliphatic heterocycles. The Hall–Kier alpha value is -2.80. The third-order valence-corrected chi connectivity index (χ3v) is 5.56. The molecule has 3 unspecified atom stereocenters. The van der Waals surface area contributed by atoms with Crippen molar-refractivity contribution in [3.8, 4) is 11.5 Å². The number of para-hydroxylation sites is 1. The van der Waals surface area contributed by atoms with Crippen LogP contribution >= 0.6 is 12.2 Å². The first-order chi connectivity index (χ1) is 13.5. The van der Waals surface area contributed by atoms with Gasteiger partial charge in [-0.1, -0.05) is 18.2 Å². The maximum atomic E-state index is 13.0. The van der Waals surface area contributed by atoms with Crippen LogP contribution in [0, 0.1) is 5.92 Å². The van der Waals surface area contributed by atoms with Gasteiger partial charge in [0.05, 0.1) is 19.8 Å². The second-order valence-electron chi connectivity index (χ2n) is 6.89. The van der Waals surface area contributed by atoms with Crippen LogP contribution in [0.4, 0.5) is 5.69 Å². The summed E-state index contributed by atoms with van der Waals surface area (Å²) in [4.78, 5) is 14.8. The Morgan fingerprint density at radius 3 is 2.71 bits per heavy atom. The molecule has 7 heteroatoms. The Balaban J connectivity index is 1.89. The number of nitrogens with zero attached hydrogens (tertiary/aromatic N) is 1. The molecule has 0 aromatic heterocycles. The Kier molecular flexibility index (Phi) is 4.63. The zero-order chi connectivity index (χ0) is 19.9. The number of carbonyl (C=O) groups excluding carboxylic acids is 1. The van der Waals surface area contributed by atoms with Gasteiger partial charge < -0.3 is 19.5 Å². The van der Waals surface area contributed by atoms with E-state index in [0.717, 1.165) is 11.3 Å². The predicted octanol–water partition coefficient (Wildman–Crippen LogP) is 3.42. The van der Waals surface area contributed by atoms with Gasteiger partial charge in [-0.15, -0.1) is 0 Å². The summed E-state index contributed by atoms with van der Waals surface area (Å²) in [7, 11) is 1.61. The lowest BCUT2D eigenvalue weighted by Gasteiger charge is -2.55. The molecule has 0 amide bonds. The Morgan fingerprint density at radius 1 is 1.29 bits per heavy atom. The van der Waals surface area contributed by atoms with Crippen LogP contribution < -0.4 is 19.7 Å². The van der Waals surface area contributed by atoms with Gasteiger partial charge in [0.25, 0.3) is 0 Å². The van der Waals surface area contributed by atoms with E-state index in [9.17, 15) is 4.79 Å². The summed E-state index contributed by atoms with van der Waals surface area (Å²) in [5, 5.41) is 3.84. The summed E-state index contributed by atoms with van der Waals surface area (Å²) in [5.41, 5.74) is 0.632. The third kappa shape index (κ3) is 2.77. The smallest absolute Gasteiger partial charge is 0.317 e. The van der Waals surface area contributed by atoms with Gasteiger partial charge in [-0.05, 0) is 50.3 Å². The molecule has 2 aromatic rings. The molecule has 6 nitrogen and oxygen atoms in total. The quantitative estimate of drug-likeness (QED) is 0.625. The van der Waals surface area contributed by atoms with Gasteiger partial charge in [-0.25, -0.2) is 0 Å². The minimum atomic E-state index is -1.06. The number of fused-ring (bicyclic) bond motifs is 4. The van der Waals surface area contributed by atoms with Crippen molar-refractivity contribution in [1.82, 2.24) is 5.32 Å². The number of hydrogen-bond acceptors (Lipinski definition) is 5. The van der Waals surface area contributed by atoms with Crippen LogP contribution in [-0.2, 0) is 9.53 Å². The summed E-state index contributed by atoms with van der Waals surface area (Å²) in [6.45, 7) is 3.97. The molecule has 2 heterocycles. The van der Waals surface area contributed by atoms with Crippen molar-refractivity contribution in [1.29, 1.82) is 0 Å². The highest BCUT2D eigenvalue weighted by molar-refractivity contribution is 7.80. The number of benzene rings is 2.